The summed E-state index contributed by atoms with van der Waals surface area (Å²) < 4.78 is 1.11. The lowest BCUT2D eigenvalue weighted by atomic mass is 10.2. The molecule has 0 saturated carbocycles. The summed E-state index contributed by atoms with van der Waals surface area (Å²) in [6, 6.07) is 8.29. The van der Waals surface area contributed by atoms with Gasteiger partial charge in [0.2, 0.25) is 0 Å². The minimum absolute atomic E-state index is 0.874. The van der Waals surface area contributed by atoms with E-state index in [1.807, 2.05) is 19.1 Å². The number of aromatic nitrogens is 2. The fourth-order valence-electron chi connectivity index (χ4n) is 1.19. The van der Waals surface area contributed by atoms with Gasteiger partial charge in [0.05, 0.1) is 0 Å². The van der Waals surface area contributed by atoms with Crippen LogP contribution in [-0.4, -0.2) is 10.2 Å². The van der Waals surface area contributed by atoms with Crippen LogP contribution in [0.4, 0.5) is 0 Å². The fraction of sp³-hybridized carbons (Fsp3) is 0.200. The molecule has 4 heteroatoms. The minimum Gasteiger partial charge on any atom is -0.144 e. The monoisotopic (exact) mass is 268 g/mol. The van der Waals surface area contributed by atoms with Gasteiger partial charge in [-0.15, -0.1) is 21.5 Å². The predicted octanol–water partition coefficient (Wildman–Crippen LogP) is 3.20. The fourth-order valence-corrected chi connectivity index (χ4v) is 2.19. The first-order chi connectivity index (χ1) is 6.74. The Hall–Kier alpha value is -0.740. The molecule has 0 bridgehead atoms. The highest BCUT2D eigenvalue weighted by Crippen LogP contribution is 2.16. The molecule has 1 aromatic carbocycles. The number of hydrogen-bond acceptors (Lipinski definition) is 3. The van der Waals surface area contributed by atoms with Gasteiger partial charge in [-0.05, 0) is 24.6 Å². The van der Waals surface area contributed by atoms with Crippen LogP contribution in [0.2, 0.25) is 0 Å². The molecule has 14 heavy (non-hydrogen) atoms. The summed E-state index contributed by atoms with van der Waals surface area (Å²) in [6.45, 7) is 1.97. The van der Waals surface area contributed by atoms with Crippen molar-refractivity contribution in [2.24, 2.45) is 0 Å². The second-order valence-corrected chi connectivity index (χ2v) is 5.20. The molecule has 1 heterocycles. The van der Waals surface area contributed by atoms with Crippen molar-refractivity contribution < 1.29 is 0 Å². The number of rotatable bonds is 2. The molecule has 0 unspecified atom stereocenters. The van der Waals surface area contributed by atoms with Crippen LogP contribution in [0.1, 0.15) is 15.6 Å². The van der Waals surface area contributed by atoms with Crippen LogP contribution < -0.4 is 0 Å². The van der Waals surface area contributed by atoms with E-state index in [4.69, 9.17) is 0 Å². The molecule has 0 saturated heterocycles. The Morgan fingerprint density at radius 2 is 1.93 bits per heavy atom. The summed E-state index contributed by atoms with van der Waals surface area (Å²) >= 11 is 5.06. The van der Waals surface area contributed by atoms with E-state index < -0.39 is 0 Å². The van der Waals surface area contributed by atoms with Crippen LogP contribution in [0.15, 0.2) is 28.7 Å². The first-order valence-electron chi connectivity index (χ1n) is 4.27. The predicted molar refractivity (Wildman–Crippen MR) is 61.6 cm³/mol. The van der Waals surface area contributed by atoms with Crippen molar-refractivity contribution in [3.63, 3.8) is 0 Å². The number of aryl methyl sites for hydroxylation is 1. The molecule has 0 atom stereocenters. The molecule has 0 amide bonds. The first-order valence-corrected chi connectivity index (χ1v) is 5.88. The van der Waals surface area contributed by atoms with E-state index in [-0.39, 0.29) is 0 Å². The summed E-state index contributed by atoms with van der Waals surface area (Å²) in [5, 5.41) is 10.2. The summed E-state index contributed by atoms with van der Waals surface area (Å²) in [5.74, 6) is 0. The quantitative estimate of drug-likeness (QED) is 0.836. The largest absolute Gasteiger partial charge is 0.144 e. The minimum atomic E-state index is 0.874. The maximum absolute atomic E-state index is 4.09. The van der Waals surface area contributed by atoms with Crippen LogP contribution in [0.3, 0.4) is 0 Å². The lowest BCUT2D eigenvalue weighted by Gasteiger charge is -1.96. The van der Waals surface area contributed by atoms with E-state index in [2.05, 4.69) is 38.3 Å². The number of nitrogens with zero attached hydrogens (tertiary/aromatic N) is 2. The van der Waals surface area contributed by atoms with Crippen LogP contribution in [0.5, 0.6) is 0 Å². The van der Waals surface area contributed by atoms with Gasteiger partial charge in [-0.1, -0.05) is 28.1 Å². The maximum atomic E-state index is 4.09. The van der Waals surface area contributed by atoms with E-state index in [1.54, 1.807) is 11.3 Å². The molecule has 0 aliphatic rings. The van der Waals surface area contributed by atoms with Crippen LogP contribution in [0, 0.1) is 6.92 Å². The van der Waals surface area contributed by atoms with Crippen molar-refractivity contribution in [2.45, 2.75) is 13.3 Å². The average molecular weight is 269 g/mol. The van der Waals surface area contributed by atoms with Gasteiger partial charge in [0.15, 0.2) is 0 Å². The van der Waals surface area contributed by atoms with Crippen molar-refractivity contribution in [3.05, 3.63) is 44.3 Å². The SMILES string of the molecule is Cc1nnc(Cc2ccc(Br)cc2)s1. The first kappa shape index (κ1) is 9.80. The highest BCUT2D eigenvalue weighted by atomic mass is 79.9. The summed E-state index contributed by atoms with van der Waals surface area (Å²) in [7, 11) is 0. The maximum Gasteiger partial charge on any atom is 0.121 e. The van der Waals surface area contributed by atoms with Gasteiger partial charge in [-0.3, -0.25) is 0 Å². The van der Waals surface area contributed by atoms with Crippen molar-refractivity contribution in [1.29, 1.82) is 0 Å². The zero-order valence-electron chi connectivity index (χ0n) is 7.70. The van der Waals surface area contributed by atoms with Crippen LogP contribution in [-0.2, 0) is 6.42 Å². The standard InChI is InChI=1S/C10H9BrN2S/c1-7-12-13-10(14-7)6-8-2-4-9(11)5-3-8/h2-5H,6H2,1H3. The Morgan fingerprint density at radius 3 is 2.50 bits per heavy atom. The average Bonchev–Trinajstić information content (AvgIpc) is 2.56. The molecule has 2 nitrogen and oxygen atoms in total. The molecular weight excluding hydrogens is 260 g/mol. The van der Waals surface area contributed by atoms with E-state index in [1.165, 1.54) is 5.56 Å². The number of hydrogen-bond donors (Lipinski definition) is 0. The van der Waals surface area contributed by atoms with Gasteiger partial charge in [0.1, 0.15) is 10.0 Å². The molecule has 0 aliphatic carbocycles. The highest BCUT2D eigenvalue weighted by molar-refractivity contribution is 9.10. The Labute approximate surface area is 95.1 Å². The molecule has 0 N–H and O–H groups in total. The van der Waals surface area contributed by atoms with Crippen LogP contribution in [0.25, 0.3) is 0 Å². The van der Waals surface area contributed by atoms with Crippen molar-refractivity contribution >= 4 is 27.3 Å². The molecule has 0 spiro atoms. The van der Waals surface area contributed by atoms with Crippen LogP contribution >= 0.6 is 27.3 Å². The molecule has 0 radical (unpaired) electrons. The molecular formula is C10H9BrN2S. The van der Waals surface area contributed by atoms with Gasteiger partial charge in [-0.2, -0.15) is 0 Å². The summed E-state index contributed by atoms with van der Waals surface area (Å²) in [6.07, 6.45) is 0.874. The van der Waals surface area contributed by atoms with Gasteiger partial charge in [0.25, 0.3) is 0 Å². The van der Waals surface area contributed by atoms with E-state index in [0.29, 0.717) is 0 Å². The zero-order chi connectivity index (χ0) is 9.97. The molecule has 72 valence electrons. The third kappa shape index (κ3) is 2.39. The van der Waals surface area contributed by atoms with E-state index in [0.717, 1.165) is 20.9 Å². The Morgan fingerprint density at radius 1 is 1.21 bits per heavy atom. The zero-order valence-corrected chi connectivity index (χ0v) is 10.1. The second-order valence-electron chi connectivity index (χ2n) is 3.02. The molecule has 2 aromatic rings. The van der Waals surface area contributed by atoms with Crippen molar-refractivity contribution in [2.75, 3.05) is 0 Å². The van der Waals surface area contributed by atoms with E-state index in [9.17, 15) is 0 Å². The third-order valence-electron chi connectivity index (χ3n) is 1.84. The topological polar surface area (TPSA) is 25.8 Å². The third-order valence-corrected chi connectivity index (χ3v) is 3.20. The molecule has 0 aliphatic heterocycles. The molecule has 0 fully saturated rings. The second kappa shape index (κ2) is 4.19. The lowest BCUT2D eigenvalue weighted by Crippen LogP contribution is -1.86. The van der Waals surface area contributed by atoms with Crippen molar-refractivity contribution in [3.8, 4) is 0 Å². The lowest BCUT2D eigenvalue weighted by molar-refractivity contribution is 0.981. The summed E-state index contributed by atoms with van der Waals surface area (Å²) in [4.78, 5) is 0. The number of benzene rings is 1. The Kier molecular flexibility index (Phi) is 2.93. The Balaban J connectivity index is 2.15. The smallest absolute Gasteiger partial charge is 0.121 e. The van der Waals surface area contributed by atoms with Gasteiger partial charge < -0.3 is 0 Å². The van der Waals surface area contributed by atoms with Gasteiger partial charge >= 0.3 is 0 Å². The Bertz CT molecular complexity index is 422. The highest BCUT2D eigenvalue weighted by Gasteiger charge is 2.01. The van der Waals surface area contributed by atoms with E-state index >= 15 is 0 Å². The summed E-state index contributed by atoms with van der Waals surface area (Å²) in [5.41, 5.74) is 1.27. The van der Waals surface area contributed by atoms with Crippen molar-refractivity contribution in [1.82, 2.24) is 10.2 Å². The number of halogens is 1. The van der Waals surface area contributed by atoms with Gasteiger partial charge in [-0.25, -0.2) is 0 Å². The normalized spacial score (nSPS) is 10.4. The van der Waals surface area contributed by atoms with Gasteiger partial charge in [0, 0.05) is 10.9 Å². The molecule has 1 aromatic heterocycles. The molecule has 2 rings (SSSR count).